The van der Waals surface area contributed by atoms with Crippen molar-refractivity contribution in [3.63, 3.8) is 0 Å². The van der Waals surface area contributed by atoms with Crippen molar-refractivity contribution >= 4 is 26.0 Å². The molecule has 0 unspecified atom stereocenters. The first-order chi connectivity index (χ1) is 9.84. The number of hydrogen-bond acceptors (Lipinski definition) is 8. The lowest BCUT2D eigenvalue weighted by molar-refractivity contribution is 0.146. The predicted octanol–water partition coefficient (Wildman–Crippen LogP) is 4.96. The third kappa shape index (κ3) is 9.04. The Balaban J connectivity index is 4.78. The van der Waals surface area contributed by atoms with E-state index in [0.29, 0.717) is 0 Å². The van der Waals surface area contributed by atoms with Gasteiger partial charge in [-0.1, -0.05) is 0 Å². The molecule has 0 aromatic rings. The molecule has 0 bridgehead atoms. The van der Waals surface area contributed by atoms with E-state index in [4.69, 9.17) is 22.6 Å². The SMILES string of the molecule is CCOP(=O)(OCC)OC(C)=CSP(=O)(OCC)OCC. The first-order valence-electron chi connectivity index (χ1n) is 6.67. The van der Waals surface area contributed by atoms with E-state index in [0.717, 1.165) is 11.4 Å². The number of phosphoric acid groups is 1. The normalized spacial score (nSPS) is 13.5. The first-order valence-corrected chi connectivity index (χ1v) is 11.2. The lowest BCUT2D eigenvalue weighted by Gasteiger charge is -2.18. The lowest BCUT2D eigenvalue weighted by Crippen LogP contribution is -1.99. The minimum atomic E-state index is -3.64. The fraction of sp³-hybridized carbons (Fsp3) is 0.818. The van der Waals surface area contributed by atoms with Crippen LogP contribution in [0.4, 0.5) is 0 Å². The molecule has 0 aromatic heterocycles. The van der Waals surface area contributed by atoms with E-state index < -0.39 is 14.6 Å². The maximum atomic E-state index is 12.2. The Labute approximate surface area is 130 Å². The van der Waals surface area contributed by atoms with Gasteiger partial charge in [0.05, 0.1) is 26.4 Å². The summed E-state index contributed by atoms with van der Waals surface area (Å²) in [4.78, 5) is 0. The second-order valence-electron chi connectivity index (χ2n) is 3.49. The molecule has 0 atom stereocenters. The van der Waals surface area contributed by atoms with Gasteiger partial charge in [-0.15, -0.1) is 0 Å². The molecule has 0 heterocycles. The Morgan fingerprint density at radius 3 is 1.71 bits per heavy atom. The Bertz CT molecular complexity index is 393. The second-order valence-corrected chi connectivity index (χ2v) is 8.92. The Morgan fingerprint density at radius 1 is 0.905 bits per heavy atom. The summed E-state index contributed by atoms with van der Waals surface area (Å²) in [5.74, 6) is 0.241. The van der Waals surface area contributed by atoms with Crippen LogP contribution >= 0.6 is 26.0 Å². The van der Waals surface area contributed by atoms with E-state index in [1.165, 1.54) is 5.41 Å². The first kappa shape index (κ1) is 21.2. The highest BCUT2D eigenvalue weighted by atomic mass is 32.7. The topological polar surface area (TPSA) is 80.3 Å². The van der Waals surface area contributed by atoms with Crippen LogP contribution in [0.1, 0.15) is 34.6 Å². The van der Waals surface area contributed by atoms with Gasteiger partial charge in [0, 0.05) is 5.41 Å². The van der Waals surface area contributed by atoms with Crippen molar-refractivity contribution in [2.45, 2.75) is 34.6 Å². The van der Waals surface area contributed by atoms with Crippen molar-refractivity contribution in [2.24, 2.45) is 0 Å². The molecule has 0 radical (unpaired) electrons. The van der Waals surface area contributed by atoms with Crippen molar-refractivity contribution in [3.8, 4) is 0 Å². The summed E-state index contributed by atoms with van der Waals surface area (Å²) in [6.45, 7) is 5.97. The van der Waals surface area contributed by atoms with Crippen molar-refractivity contribution < 1.29 is 31.7 Å². The number of phosphoric ester groups is 1. The van der Waals surface area contributed by atoms with Crippen LogP contribution in [0.3, 0.4) is 0 Å². The summed E-state index contributed by atoms with van der Waals surface area (Å²) in [6.07, 6.45) is 0. The van der Waals surface area contributed by atoms with Crippen molar-refractivity contribution in [2.75, 3.05) is 26.4 Å². The van der Waals surface area contributed by atoms with Crippen molar-refractivity contribution in [1.82, 2.24) is 0 Å². The summed E-state index contributed by atoms with van der Waals surface area (Å²) < 4.78 is 49.8. The molecule has 0 amide bonds. The minimum absolute atomic E-state index is 0.189. The second kappa shape index (κ2) is 10.8. The lowest BCUT2D eigenvalue weighted by atomic mass is 10.7. The highest BCUT2D eigenvalue weighted by Crippen LogP contribution is 2.62. The van der Waals surface area contributed by atoms with Crippen LogP contribution in [-0.4, -0.2) is 26.4 Å². The predicted molar refractivity (Wildman–Crippen MR) is 84.2 cm³/mol. The van der Waals surface area contributed by atoms with Crippen LogP contribution in [0.2, 0.25) is 0 Å². The van der Waals surface area contributed by atoms with E-state index in [9.17, 15) is 9.13 Å². The van der Waals surface area contributed by atoms with Crippen LogP contribution in [0.25, 0.3) is 0 Å². The van der Waals surface area contributed by atoms with Crippen LogP contribution in [-0.2, 0) is 31.7 Å². The molecule has 0 aliphatic rings. The Kier molecular flexibility index (Phi) is 10.9. The highest BCUT2D eigenvalue weighted by molar-refractivity contribution is 8.56. The zero-order valence-corrected chi connectivity index (χ0v) is 15.7. The molecular formula is C11H24O7P2S. The maximum absolute atomic E-state index is 12.2. The molecular weight excluding hydrogens is 338 g/mol. The number of allylic oxidation sites excluding steroid dienone is 1. The van der Waals surface area contributed by atoms with Gasteiger partial charge in [0.1, 0.15) is 5.76 Å². The van der Waals surface area contributed by atoms with Gasteiger partial charge in [0.15, 0.2) is 0 Å². The van der Waals surface area contributed by atoms with E-state index in [1.54, 1.807) is 34.6 Å². The molecule has 0 aliphatic heterocycles. The molecule has 0 fully saturated rings. The van der Waals surface area contributed by atoms with E-state index in [-0.39, 0.29) is 32.2 Å². The van der Waals surface area contributed by atoms with Gasteiger partial charge in [-0.3, -0.25) is 9.05 Å². The average molecular weight is 362 g/mol. The van der Waals surface area contributed by atoms with Gasteiger partial charge in [0.25, 0.3) is 0 Å². The molecule has 126 valence electrons. The molecule has 0 saturated carbocycles. The largest absolute Gasteiger partial charge is 0.529 e. The van der Waals surface area contributed by atoms with Gasteiger partial charge in [-0.05, 0) is 46.0 Å². The zero-order valence-electron chi connectivity index (χ0n) is 13.1. The highest BCUT2D eigenvalue weighted by Gasteiger charge is 2.28. The molecule has 0 saturated heterocycles. The Morgan fingerprint density at radius 2 is 1.33 bits per heavy atom. The molecule has 0 aromatic carbocycles. The number of rotatable bonds is 12. The molecule has 0 spiro atoms. The minimum Gasteiger partial charge on any atom is -0.408 e. The van der Waals surface area contributed by atoms with E-state index in [1.807, 2.05) is 0 Å². The number of hydrogen-bond donors (Lipinski definition) is 0. The third-order valence-corrected chi connectivity index (χ3v) is 6.98. The van der Waals surface area contributed by atoms with Crippen LogP contribution in [0.15, 0.2) is 11.2 Å². The zero-order chi connectivity index (χ0) is 16.4. The monoisotopic (exact) mass is 362 g/mol. The molecule has 0 rings (SSSR count). The Hall–Kier alpha value is 0.190. The van der Waals surface area contributed by atoms with Crippen LogP contribution in [0.5, 0.6) is 0 Å². The van der Waals surface area contributed by atoms with Gasteiger partial charge in [-0.2, -0.15) is 0 Å². The molecule has 7 nitrogen and oxygen atoms in total. The van der Waals surface area contributed by atoms with Crippen LogP contribution < -0.4 is 0 Å². The summed E-state index contributed by atoms with van der Waals surface area (Å²) in [5.41, 5.74) is 0. The quantitative estimate of drug-likeness (QED) is 0.356. The summed E-state index contributed by atoms with van der Waals surface area (Å²) >= 11 is 0.850. The third-order valence-electron chi connectivity index (χ3n) is 1.75. The average Bonchev–Trinajstić information content (AvgIpc) is 2.37. The standard InChI is InChI=1S/C11H24O7P2S/c1-6-14-19(12,15-7-2)18-11(5)10-21-20(13,16-8-3)17-9-4/h10H,6-9H2,1-5H3. The van der Waals surface area contributed by atoms with Gasteiger partial charge >= 0.3 is 14.6 Å². The van der Waals surface area contributed by atoms with Gasteiger partial charge in [-0.25, -0.2) is 9.13 Å². The van der Waals surface area contributed by atoms with Crippen molar-refractivity contribution in [3.05, 3.63) is 11.2 Å². The van der Waals surface area contributed by atoms with E-state index in [2.05, 4.69) is 0 Å². The molecule has 21 heavy (non-hydrogen) atoms. The maximum Gasteiger partial charge on any atom is 0.529 e. The summed E-state index contributed by atoms with van der Waals surface area (Å²) in [6, 6.07) is 0. The fourth-order valence-corrected chi connectivity index (χ4v) is 5.43. The smallest absolute Gasteiger partial charge is 0.408 e. The van der Waals surface area contributed by atoms with Crippen LogP contribution in [0, 0.1) is 0 Å². The van der Waals surface area contributed by atoms with Gasteiger partial charge < -0.3 is 13.6 Å². The fourth-order valence-electron chi connectivity index (χ4n) is 1.16. The van der Waals surface area contributed by atoms with Gasteiger partial charge in [0.2, 0.25) is 0 Å². The van der Waals surface area contributed by atoms with Crippen molar-refractivity contribution in [1.29, 1.82) is 0 Å². The molecule has 0 N–H and O–H groups in total. The van der Waals surface area contributed by atoms with E-state index >= 15 is 0 Å². The molecule has 0 aliphatic carbocycles. The summed E-state index contributed by atoms with van der Waals surface area (Å²) in [5, 5.41) is 1.41. The molecule has 10 heteroatoms. The summed E-state index contributed by atoms with van der Waals surface area (Å²) in [7, 11) is -3.64.